The normalized spacial score (nSPS) is 9.81. The van der Waals surface area contributed by atoms with Gasteiger partial charge in [0.25, 0.3) is 0 Å². The SMILES string of the molecule is Cc1cc(-c2cccnc2)cc(F)c1C#N. The molecule has 0 radical (unpaired) electrons. The molecule has 0 fully saturated rings. The predicted octanol–water partition coefficient (Wildman–Crippen LogP) is 3.07. The van der Waals surface area contributed by atoms with Crippen molar-refractivity contribution >= 4 is 0 Å². The second-order valence-corrected chi connectivity index (χ2v) is 3.50. The number of nitriles is 1. The zero-order valence-electron chi connectivity index (χ0n) is 8.74. The molecule has 1 aromatic heterocycles. The van der Waals surface area contributed by atoms with Gasteiger partial charge in [0.1, 0.15) is 11.9 Å². The number of pyridine rings is 1. The summed E-state index contributed by atoms with van der Waals surface area (Å²) in [7, 11) is 0. The Labute approximate surface area is 93.0 Å². The first kappa shape index (κ1) is 10.3. The van der Waals surface area contributed by atoms with Crippen molar-refractivity contribution in [3.63, 3.8) is 0 Å². The van der Waals surface area contributed by atoms with Gasteiger partial charge in [-0.3, -0.25) is 4.98 Å². The van der Waals surface area contributed by atoms with Crippen molar-refractivity contribution in [3.8, 4) is 17.2 Å². The summed E-state index contributed by atoms with van der Waals surface area (Å²) in [6.45, 7) is 1.72. The van der Waals surface area contributed by atoms with Gasteiger partial charge in [0.15, 0.2) is 0 Å². The van der Waals surface area contributed by atoms with Crippen molar-refractivity contribution in [1.82, 2.24) is 4.98 Å². The molecule has 0 aliphatic carbocycles. The van der Waals surface area contributed by atoms with Crippen molar-refractivity contribution in [1.29, 1.82) is 5.26 Å². The zero-order valence-corrected chi connectivity index (χ0v) is 8.74. The fourth-order valence-corrected chi connectivity index (χ4v) is 1.59. The molecule has 2 rings (SSSR count). The molecule has 0 aliphatic rings. The minimum atomic E-state index is -0.485. The van der Waals surface area contributed by atoms with Gasteiger partial charge in [-0.05, 0) is 36.2 Å². The van der Waals surface area contributed by atoms with Gasteiger partial charge in [0, 0.05) is 18.0 Å². The van der Waals surface area contributed by atoms with Crippen LogP contribution in [0.3, 0.4) is 0 Å². The van der Waals surface area contributed by atoms with Crippen LogP contribution in [0.1, 0.15) is 11.1 Å². The van der Waals surface area contributed by atoms with Gasteiger partial charge >= 0.3 is 0 Å². The Morgan fingerprint density at radius 3 is 2.69 bits per heavy atom. The van der Waals surface area contributed by atoms with E-state index in [0.29, 0.717) is 5.56 Å². The lowest BCUT2D eigenvalue weighted by Gasteiger charge is -2.05. The minimum absolute atomic E-state index is 0.104. The molecule has 1 heterocycles. The molecule has 0 amide bonds. The van der Waals surface area contributed by atoms with Crippen LogP contribution in [0.25, 0.3) is 11.1 Å². The summed E-state index contributed by atoms with van der Waals surface area (Å²) in [6.07, 6.45) is 3.33. The Hall–Kier alpha value is -2.21. The largest absolute Gasteiger partial charge is 0.264 e. The molecule has 0 N–H and O–H groups in total. The van der Waals surface area contributed by atoms with Gasteiger partial charge in [0.05, 0.1) is 5.56 Å². The van der Waals surface area contributed by atoms with Crippen molar-refractivity contribution in [3.05, 3.63) is 53.6 Å². The Bertz CT molecular complexity index is 533. The summed E-state index contributed by atoms with van der Waals surface area (Å²) >= 11 is 0. The molecular formula is C13H9FN2. The van der Waals surface area contributed by atoms with Crippen LogP contribution >= 0.6 is 0 Å². The first-order chi connectivity index (χ1) is 7.72. The number of hydrogen-bond acceptors (Lipinski definition) is 2. The highest BCUT2D eigenvalue weighted by atomic mass is 19.1. The third kappa shape index (κ3) is 1.78. The molecule has 0 saturated heterocycles. The van der Waals surface area contributed by atoms with Crippen LogP contribution in [0.2, 0.25) is 0 Å². The van der Waals surface area contributed by atoms with Crippen molar-refractivity contribution in [2.24, 2.45) is 0 Å². The number of benzene rings is 1. The average Bonchev–Trinajstić information content (AvgIpc) is 2.30. The minimum Gasteiger partial charge on any atom is -0.264 e. The molecule has 16 heavy (non-hydrogen) atoms. The highest BCUT2D eigenvalue weighted by Crippen LogP contribution is 2.23. The molecule has 0 spiro atoms. The molecule has 2 nitrogen and oxygen atoms in total. The van der Waals surface area contributed by atoms with E-state index in [9.17, 15) is 4.39 Å². The Morgan fingerprint density at radius 2 is 2.12 bits per heavy atom. The van der Waals surface area contributed by atoms with Gasteiger partial charge in [0.2, 0.25) is 0 Å². The monoisotopic (exact) mass is 212 g/mol. The Kier molecular flexibility index (Phi) is 2.65. The van der Waals surface area contributed by atoms with Gasteiger partial charge in [-0.1, -0.05) is 6.07 Å². The molecule has 0 saturated carbocycles. The van der Waals surface area contributed by atoms with E-state index in [-0.39, 0.29) is 5.56 Å². The van der Waals surface area contributed by atoms with E-state index in [1.54, 1.807) is 31.5 Å². The van der Waals surface area contributed by atoms with E-state index >= 15 is 0 Å². The van der Waals surface area contributed by atoms with Crippen molar-refractivity contribution in [2.45, 2.75) is 6.92 Å². The third-order valence-corrected chi connectivity index (χ3v) is 2.39. The average molecular weight is 212 g/mol. The fraction of sp³-hybridized carbons (Fsp3) is 0.0769. The lowest BCUT2D eigenvalue weighted by molar-refractivity contribution is 0.623. The highest BCUT2D eigenvalue weighted by Gasteiger charge is 2.08. The smallest absolute Gasteiger partial charge is 0.141 e. The molecule has 0 unspecified atom stereocenters. The molecule has 0 atom stereocenters. The van der Waals surface area contributed by atoms with Crippen LogP contribution in [0.15, 0.2) is 36.7 Å². The number of aryl methyl sites for hydroxylation is 1. The topological polar surface area (TPSA) is 36.7 Å². The lowest BCUT2D eigenvalue weighted by Crippen LogP contribution is -1.91. The van der Waals surface area contributed by atoms with Crippen LogP contribution in [-0.4, -0.2) is 4.98 Å². The summed E-state index contributed by atoms with van der Waals surface area (Å²) in [6, 6.07) is 8.65. The maximum absolute atomic E-state index is 13.6. The van der Waals surface area contributed by atoms with Crippen LogP contribution in [0, 0.1) is 24.1 Å². The van der Waals surface area contributed by atoms with E-state index in [4.69, 9.17) is 5.26 Å². The quantitative estimate of drug-likeness (QED) is 0.728. The number of nitrogens with zero attached hydrogens (tertiary/aromatic N) is 2. The van der Waals surface area contributed by atoms with Crippen molar-refractivity contribution < 1.29 is 4.39 Å². The Morgan fingerprint density at radius 1 is 1.31 bits per heavy atom. The Balaban J connectivity index is 2.58. The molecule has 0 aliphatic heterocycles. The number of halogens is 1. The van der Waals surface area contributed by atoms with Crippen LogP contribution < -0.4 is 0 Å². The van der Waals surface area contributed by atoms with E-state index in [1.807, 2.05) is 12.1 Å². The van der Waals surface area contributed by atoms with E-state index in [2.05, 4.69) is 4.98 Å². The summed E-state index contributed by atoms with van der Waals surface area (Å²) < 4.78 is 13.6. The summed E-state index contributed by atoms with van der Waals surface area (Å²) in [5, 5.41) is 8.76. The van der Waals surface area contributed by atoms with E-state index in [1.165, 1.54) is 6.07 Å². The first-order valence-electron chi connectivity index (χ1n) is 4.83. The molecule has 0 bridgehead atoms. The zero-order chi connectivity index (χ0) is 11.5. The predicted molar refractivity (Wildman–Crippen MR) is 59.1 cm³/mol. The molecule has 78 valence electrons. The van der Waals surface area contributed by atoms with E-state index < -0.39 is 5.82 Å². The summed E-state index contributed by atoms with van der Waals surface area (Å²) in [5.41, 5.74) is 2.32. The maximum Gasteiger partial charge on any atom is 0.141 e. The van der Waals surface area contributed by atoms with Gasteiger partial charge < -0.3 is 0 Å². The van der Waals surface area contributed by atoms with Crippen molar-refractivity contribution in [2.75, 3.05) is 0 Å². The number of hydrogen-bond donors (Lipinski definition) is 0. The highest BCUT2D eigenvalue weighted by molar-refractivity contribution is 5.65. The number of aromatic nitrogens is 1. The van der Waals surface area contributed by atoms with Gasteiger partial charge in [-0.2, -0.15) is 5.26 Å². The van der Waals surface area contributed by atoms with Gasteiger partial charge in [-0.15, -0.1) is 0 Å². The van der Waals surface area contributed by atoms with Crippen LogP contribution in [0.4, 0.5) is 4.39 Å². The van der Waals surface area contributed by atoms with Crippen LogP contribution in [0.5, 0.6) is 0 Å². The molecule has 2 aromatic rings. The van der Waals surface area contributed by atoms with Crippen LogP contribution in [-0.2, 0) is 0 Å². The van der Waals surface area contributed by atoms with E-state index in [0.717, 1.165) is 11.1 Å². The molecule has 1 aromatic carbocycles. The molecule has 3 heteroatoms. The first-order valence-corrected chi connectivity index (χ1v) is 4.83. The standard InChI is InChI=1S/C13H9FN2/c1-9-5-11(6-13(14)12(9)7-15)10-3-2-4-16-8-10/h2-6,8H,1H3. The number of rotatable bonds is 1. The second kappa shape index (κ2) is 4.11. The molecular weight excluding hydrogens is 203 g/mol. The summed E-state index contributed by atoms with van der Waals surface area (Å²) in [5.74, 6) is -0.485. The second-order valence-electron chi connectivity index (χ2n) is 3.50. The fourth-order valence-electron chi connectivity index (χ4n) is 1.59. The van der Waals surface area contributed by atoms with Gasteiger partial charge in [-0.25, -0.2) is 4.39 Å². The lowest BCUT2D eigenvalue weighted by atomic mass is 10.0. The summed E-state index contributed by atoms with van der Waals surface area (Å²) in [4.78, 5) is 3.98. The third-order valence-electron chi connectivity index (χ3n) is 2.39. The maximum atomic E-state index is 13.6.